The number of pyridine rings is 2. The zero-order chi connectivity index (χ0) is 21.2. The van der Waals surface area contributed by atoms with Crippen LogP contribution in [0.5, 0.6) is 0 Å². The lowest BCUT2D eigenvalue weighted by molar-refractivity contribution is 0.180. The van der Waals surface area contributed by atoms with Crippen LogP contribution in [0.4, 0.5) is 21.6 Å². The minimum atomic E-state index is -0.00593. The van der Waals surface area contributed by atoms with Crippen molar-refractivity contribution in [2.45, 2.75) is 6.92 Å². The molecule has 5 rings (SSSR count). The van der Waals surface area contributed by atoms with Gasteiger partial charge in [0.05, 0.1) is 10.6 Å². The summed E-state index contributed by atoms with van der Waals surface area (Å²) >= 11 is 1.62. The van der Waals surface area contributed by atoms with E-state index in [1.807, 2.05) is 53.4 Å². The quantitative estimate of drug-likeness (QED) is 0.595. The number of rotatable bonds is 5. The van der Waals surface area contributed by atoms with Gasteiger partial charge in [-0.05, 0) is 36.8 Å². The van der Waals surface area contributed by atoms with Gasteiger partial charge in [0.15, 0.2) is 5.13 Å². The van der Waals surface area contributed by atoms with Gasteiger partial charge in [0.1, 0.15) is 11.6 Å². The summed E-state index contributed by atoms with van der Waals surface area (Å²) in [6.07, 6.45) is 3.65. The van der Waals surface area contributed by atoms with Crippen LogP contribution in [0.1, 0.15) is 5.56 Å². The molecule has 9 nitrogen and oxygen atoms in total. The summed E-state index contributed by atoms with van der Waals surface area (Å²) in [5.41, 5.74) is 4.91. The Kier molecular flexibility index (Phi) is 5.39. The number of thiazole rings is 1. The number of hydrogen-bond donors (Lipinski definition) is 2. The lowest BCUT2D eigenvalue weighted by Gasteiger charge is -2.34. The second-order valence-electron chi connectivity index (χ2n) is 7.64. The zero-order valence-electron chi connectivity index (χ0n) is 17.3. The Labute approximate surface area is 184 Å². The molecule has 0 aromatic carbocycles. The maximum Gasteiger partial charge on any atom is 0.332 e. The molecule has 160 valence electrons. The van der Waals surface area contributed by atoms with E-state index < -0.39 is 0 Å². The second kappa shape index (κ2) is 8.48. The summed E-state index contributed by atoms with van der Waals surface area (Å²) in [7, 11) is 0. The minimum absolute atomic E-state index is 0.00593. The van der Waals surface area contributed by atoms with E-state index in [1.165, 1.54) is 0 Å². The van der Waals surface area contributed by atoms with Gasteiger partial charge in [-0.25, -0.2) is 24.8 Å². The van der Waals surface area contributed by atoms with Crippen molar-refractivity contribution in [3.63, 3.8) is 0 Å². The molecule has 2 amide bonds. The van der Waals surface area contributed by atoms with Crippen molar-refractivity contribution in [2.75, 3.05) is 49.5 Å². The molecule has 0 aliphatic carbocycles. The average Bonchev–Trinajstić information content (AvgIpc) is 3.45. The predicted octanol–water partition coefficient (Wildman–Crippen LogP) is 2.71. The number of piperazine rings is 1. The highest BCUT2D eigenvalue weighted by molar-refractivity contribution is 7.18. The number of carbonyl (C=O) groups is 1. The molecule has 3 aromatic rings. The maximum atomic E-state index is 12.2. The molecule has 2 N–H and O–H groups in total. The van der Waals surface area contributed by atoms with E-state index in [1.54, 1.807) is 17.5 Å². The first-order valence-electron chi connectivity index (χ1n) is 10.3. The number of carbonyl (C=O) groups excluding carboxylic acids is 1. The van der Waals surface area contributed by atoms with Crippen LogP contribution in [-0.2, 0) is 0 Å². The topological polar surface area (TPSA) is 89.3 Å². The first-order chi connectivity index (χ1) is 15.1. The molecule has 2 fully saturated rings. The van der Waals surface area contributed by atoms with Gasteiger partial charge in [-0.3, -0.25) is 5.43 Å². The van der Waals surface area contributed by atoms with E-state index >= 15 is 0 Å². The minimum Gasteiger partial charge on any atom is -0.345 e. The van der Waals surface area contributed by atoms with Gasteiger partial charge in [-0.1, -0.05) is 17.4 Å². The van der Waals surface area contributed by atoms with Crippen LogP contribution >= 0.6 is 11.3 Å². The standard InChI is InChI=1S/C21H24N8OS/c1-15-5-6-22-19(13-15)25-18-4-2-3-16(24-18)17-14-23-21(31-17)28-9-7-27(8-10-28)20(30)26-29-11-12-29/h2-6,13-14H,7-12H2,1H3,(H,26,30)(H,22,24,25). The number of aromatic nitrogens is 3. The Morgan fingerprint density at radius 2 is 1.87 bits per heavy atom. The second-order valence-corrected chi connectivity index (χ2v) is 8.65. The molecule has 3 aromatic heterocycles. The normalized spacial score (nSPS) is 16.3. The molecule has 0 saturated carbocycles. The molecule has 0 atom stereocenters. The molecular weight excluding hydrogens is 412 g/mol. The van der Waals surface area contributed by atoms with Crippen molar-refractivity contribution < 1.29 is 4.79 Å². The summed E-state index contributed by atoms with van der Waals surface area (Å²) in [6.45, 7) is 6.85. The van der Waals surface area contributed by atoms with E-state index in [0.717, 1.165) is 59.1 Å². The van der Waals surface area contributed by atoms with Crippen molar-refractivity contribution >= 4 is 34.1 Å². The van der Waals surface area contributed by atoms with E-state index in [2.05, 4.69) is 25.6 Å². The van der Waals surface area contributed by atoms with E-state index in [0.29, 0.717) is 13.1 Å². The van der Waals surface area contributed by atoms with Gasteiger partial charge < -0.3 is 15.1 Å². The lowest BCUT2D eigenvalue weighted by Crippen LogP contribution is -2.52. The van der Waals surface area contributed by atoms with Crippen LogP contribution in [-0.4, -0.2) is 70.2 Å². The highest BCUT2D eigenvalue weighted by atomic mass is 32.1. The van der Waals surface area contributed by atoms with Gasteiger partial charge in [0.2, 0.25) is 0 Å². The van der Waals surface area contributed by atoms with Crippen LogP contribution < -0.4 is 15.6 Å². The number of aryl methyl sites for hydroxylation is 1. The Bertz CT molecular complexity index is 1070. The number of nitrogens with zero attached hydrogens (tertiary/aromatic N) is 6. The van der Waals surface area contributed by atoms with E-state index in [4.69, 9.17) is 4.98 Å². The number of nitrogens with one attached hydrogen (secondary N) is 2. The molecule has 0 radical (unpaired) electrons. The van der Waals surface area contributed by atoms with Crippen LogP contribution in [0.2, 0.25) is 0 Å². The molecule has 0 bridgehead atoms. The van der Waals surface area contributed by atoms with Crippen molar-refractivity contribution in [1.29, 1.82) is 0 Å². The number of amides is 2. The van der Waals surface area contributed by atoms with Gasteiger partial charge >= 0.3 is 6.03 Å². The number of urea groups is 1. The van der Waals surface area contributed by atoms with Crippen molar-refractivity contribution in [3.8, 4) is 10.6 Å². The fraction of sp³-hybridized carbons (Fsp3) is 0.333. The third-order valence-electron chi connectivity index (χ3n) is 5.20. The van der Waals surface area contributed by atoms with E-state index in [-0.39, 0.29) is 6.03 Å². The number of anilines is 3. The van der Waals surface area contributed by atoms with Crippen LogP contribution in [0.25, 0.3) is 10.6 Å². The fourth-order valence-corrected chi connectivity index (χ4v) is 4.31. The van der Waals surface area contributed by atoms with E-state index in [9.17, 15) is 4.79 Å². The SMILES string of the molecule is Cc1ccnc(Nc2cccc(-c3cnc(N4CCN(C(=O)NN5CC5)CC4)s3)n2)c1. The maximum absolute atomic E-state index is 12.2. The number of hydrogen-bond acceptors (Lipinski definition) is 8. The van der Waals surface area contributed by atoms with Gasteiger partial charge in [-0.15, -0.1) is 0 Å². The average molecular weight is 437 g/mol. The van der Waals surface area contributed by atoms with Crippen LogP contribution in [0, 0.1) is 6.92 Å². The highest BCUT2D eigenvalue weighted by Crippen LogP contribution is 2.31. The molecule has 2 aliphatic heterocycles. The molecule has 0 spiro atoms. The summed E-state index contributed by atoms with van der Waals surface area (Å²) in [5.74, 6) is 1.52. The Hall–Kier alpha value is -3.24. The third-order valence-corrected chi connectivity index (χ3v) is 6.29. The fourth-order valence-electron chi connectivity index (χ4n) is 3.38. The van der Waals surface area contributed by atoms with Crippen molar-refractivity contribution in [2.24, 2.45) is 0 Å². The van der Waals surface area contributed by atoms with Gasteiger partial charge in [-0.2, -0.15) is 0 Å². The molecular formula is C21H24N8OS. The predicted molar refractivity (Wildman–Crippen MR) is 121 cm³/mol. The Balaban J connectivity index is 1.23. The first kappa shape index (κ1) is 19.7. The van der Waals surface area contributed by atoms with Crippen LogP contribution in [0.3, 0.4) is 0 Å². The van der Waals surface area contributed by atoms with Crippen molar-refractivity contribution in [1.82, 2.24) is 30.3 Å². The summed E-state index contributed by atoms with van der Waals surface area (Å²) in [6, 6.07) is 9.84. The summed E-state index contributed by atoms with van der Waals surface area (Å²) in [4.78, 5) is 31.0. The highest BCUT2D eigenvalue weighted by Gasteiger charge is 2.26. The van der Waals surface area contributed by atoms with Crippen molar-refractivity contribution in [3.05, 3.63) is 48.3 Å². The monoisotopic (exact) mass is 436 g/mol. The van der Waals surface area contributed by atoms with Crippen LogP contribution in [0.15, 0.2) is 42.7 Å². The summed E-state index contributed by atoms with van der Waals surface area (Å²) in [5, 5.41) is 6.13. The molecule has 2 aliphatic rings. The van der Waals surface area contributed by atoms with Gasteiger partial charge in [0, 0.05) is 51.7 Å². The molecule has 0 unspecified atom stereocenters. The largest absolute Gasteiger partial charge is 0.345 e. The Morgan fingerprint density at radius 1 is 1.03 bits per heavy atom. The number of hydrazine groups is 1. The molecule has 5 heterocycles. The summed E-state index contributed by atoms with van der Waals surface area (Å²) < 4.78 is 0. The zero-order valence-corrected chi connectivity index (χ0v) is 18.1. The Morgan fingerprint density at radius 3 is 2.65 bits per heavy atom. The lowest BCUT2D eigenvalue weighted by atomic mass is 10.3. The smallest absolute Gasteiger partial charge is 0.332 e. The molecule has 31 heavy (non-hydrogen) atoms. The third kappa shape index (κ3) is 4.75. The first-order valence-corrected chi connectivity index (χ1v) is 11.1. The molecule has 10 heteroatoms. The van der Waals surface area contributed by atoms with Gasteiger partial charge in [0.25, 0.3) is 0 Å². The molecule has 2 saturated heterocycles.